The summed E-state index contributed by atoms with van der Waals surface area (Å²) < 4.78 is 14.2. The minimum Gasteiger partial charge on any atom is -0.298 e. The van der Waals surface area contributed by atoms with Gasteiger partial charge in [0.05, 0.1) is 5.69 Å². The largest absolute Gasteiger partial charge is 0.298 e. The topological polar surface area (TPSA) is 49.4 Å². The zero-order valence-electron chi connectivity index (χ0n) is 14.0. The van der Waals surface area contributed by atoms with Gasteiger partial charge in [-0.15, -0.1) is 0 Å². The molecular weight excluding hydrogens is 363 g/mol. The molecule has 0 aromatic heterocycles. The summed E-state index contributed by atoms with van der Waals surface area (Å²) in [5.74, 6) is -1.87. The number of hydrogen-bond donors (Lipinski definition) is 1. The van der Waals surface area contributed by atoms with E-state index in [0.29, 0.717) is 5.56 Å². The van der Waals surface area contributed by atoms with Gasteiger partial charge in [0, 0.05) is 0 Å². The molecule has 0 unspecified atom stereocenters. The number of rotatable bonds is 2. The third-order valence-electron chi connectivity index (χ3n) is 4.32. The lowest BCUT2D eigenvalue weighted by Crippen LogP contribution is -2.54. The number of nitrogens with zero attached hydrogens (tertiary/aromatic N) is 1. The van der Waals surface area contributed by atoms with Crippen molar-refractivity contribution in [3.63, 3.8) is 0 Å². The summed E-state index contributed by atoms with van der Waals surface area (Å²) in [4.78, 5) is 26.4. The predicted octanol–water partition coefficient (Wildman–Crippen LogP) is 3.81. The zero-order chi connectivity index (χ0) is 19.0. The Morgan fingerprint density at radius 1 is 0.926 bits per heavy atom. The van der Waals surface area contributed by atoms with Gasteiger partial charge in [-0.25, -0.2) is 9.29 Å². The van der Waals surface area contributed by atoms with Crippen LogP contribution in [0, 0.1) is 5.82 Å². The van der Waals surface area contributed by atoms with E-state index in [0.717, 1.165) is 15.7 Å². The molecule has 4 rings (SSSR count). The number of thiocarbonyl (C=S) groups is 1. The van der Waals surface area contributed by atoms with E-state index in [1.165, 1.54) is 24.3 Å². The third kappa shape index (κ3) is 3.00. The van der Waals surface area contributed by atoms with Gasteiger partial charge in [-0.1, -0.05) is 54.6 Å². The van der Waals surface area contributed by atoms with Crippen molar-refractivity contribution >= 4 is 51.7 Å². The van der Waals surface area contributed by atoms with Crippen molar-refractivity contribution in [2.75, 3.05) is 4.90 Å². The zero-order valence-corrected chi connectivity index (χ0v) is 14.8. The van der Waals surface area contributed by atoms with Crippen LogP contribution in [-0.2, 0) is 9.59 Å². The van der Waals surface area contributed by atoms with Crippen molar-refractivity contribution in [1.29, 1.82) is 0 Å². The van der Waals surface area contributed by atoms with Crippen molar-refractivity contribution in [3.05, 3.63) is 83.7 Å². The van der Waals surface area contributed by atoms with E-state index in [2.05, 4.69) is 5.32 Å². The molecule has 0 spiro atoms. The standard InChI is InChI=1S/C21H13FN2O2S/c22-17-10-3-4-11-18(17)24-20(26)16(19(25)23-21(24)27)12-14-8-5-7-13-6-1-2-9-15(13)14/h1-12H,(H,23,25,27)/b16-12+. The van der Waals surface area contributed by atoms with Crippen LogP contribution in [0.3, 0.4) is 0 Å². The molecule has 0 atom stereocenters. The molecule has 1 aliphatic rings. The van der Waals surface area contributed by atoms with Crippen LogP contribution in [0.15, 0.2) is 72.3 Å². The molecule has 0 aliphatic carbocycles. The van der Waals surface area contributed by atoms with E-state index in [9.17, 15) is 14.0 Å². The van der Waals surface area contributed by atoms with Crippen LogP contribution in [0.4, 0.5) is 10.1 Å². The van der Waals surface area contributed by atoms with Gasteiger partial charge in [0.1, 0.15) is 11.4 Å². The van der Waals surface area contributed by atoms with Crippen molar-refractivity contribution in [3.8, 4) is 0 Å². The molecule has 1 fully saturated rings. The molecule has 1 heterocycles. The fourth-order valence-electron chi connectivity index (χ4n) is 3.04. The van der Waals surface area contributed by atoms with Gasteiger partial charge in [-0.05, 0) is 46.8 Å². The third-order valence-corrected chi connectivity index (χ3v) is 4.60. The molecule has 3 aromatic carbocycles. The first-order chi connectivity index (χ1) is 13.1. The van der Waals surface area contributed by atoms with E-state index in [1.807, 2.05) is 42.5 Å². The number of halogens is 1. The molecule has 6 heteroatoms. The highest BCUT2D eigenvalue weighted by molar-refractivity contribution is 7.80. The highest BCUT2D eigenvalue weighted by Gasteiger charge is 2.35. The quantitative estimate of drug-likeness (QED) is 0.420. The molecule has 0 radical (unpaired) electrons. The minimum atomic E-state index is -0.665. The molecule has 27 heavy (non-hydrogen) atoms. The molecule has 0 bridgehead atoms. The van der Waals surface area contributed by atoms with Crippen LogP contribution in [0.2, 0.25) is 0 Å². The van der Waals surface area contributed by atoms with Crippen LogP contribution in [0.25, 0.3) is 16.8 Å². The van der Waals surface area contributed by atoms with Crippen molar-refractivity contribution in [2.45, 2.75) is 0 Å². The number of fused-ring (bicyclic) bond motifs is 1. The number of amides is 2. The Labute approximate surface area is 159 Å². The number of anilines is 1. The monoisotopic (exact) mass is 376 g/mol. The molecule has 1 N–H and O–H groups in total. The van der Waals surface area contributed by atoms with Crippen LogP contribution in [-0.4, -0.2) is 16.9 Å². The second kappa shape index (κ2) is 6.74. The molecule has 132 valence electrons. The summed E-state index contributed by atoms with van der Waals surface area (Å²) in [6.45, 7) is 0. The first-order valence-corrected chi connectivity index (χ1v) is 8.61. The van der Waals surface area contributed by atoms with Crippen molar-refractivity contribution in [2.24, 2.45) is 0 Å². The summed E-state index contributed by atoms with van der Waals surface area (Å²) in [5, 5.41) is 4.20. The van der Waals surface area contributed by atoms with E-state index < -0.39 is 17.6 Å². The maximum atomic E-state index is 14.2. The summed E-state index contributed by atoms with van der Waals surface area (Å²) in [5.41, 5.74) is 0.604. The van der Waals surface area contributed by atoms with Gasteiger partial charge < -0.3 is 0 Å². The van der Waals surface area contributed by atoms with E-state index in [-0.39, 0.29) is 16.4 Å². The average molecular weight is 376 g/mol. The Hall–Kier alpha value is -3.38. The Morgan fingerprint density at radius 3 is 2.44 bits per heavy atom. The molecule has 4 nitrogen and oxygen atoms in total. The van der Waals surface area contributed by atoms with Gasteiger partial charge in [0.15, 0.2) is 5.11 Å². The molecule has 1 saturated heterocycles. The van der Waals surface area contributed by atoms with Gasteiger partial charge >= 0.3 is 0 Å². The van der Waals surface area contributed by atoms with Gasteiger partial charge in [0.25, 0.3) is 11.8 Å². The highest BCUT2D eigenvalue weighted by Crippen LogP contribution is 2.26. The van der Waals surface area contributed by atoms with Crippen molar-refractivity contribution in [1.82, 2.24) is 5.32 Å². The normalized spacial score (nSPS) is 16.1. The van der Waals surface area contributed by atoms with Crippen molar-refractivity contribution < 1.29 is 14.0 Å². The molecule has 3 aromatic rings. The fraction of sp³-hybridized carbons (Fsp3) is 0. The van der Waals surface area contributed by atoms with Crippen LogP contribution < -0.4 is 10.2 Å². The predicted molar refractivity (Wildman–Crippen MR) is 107 cm³/mol. The number of hydrogen-bond acceptors (Lipinski definition) is 3. The van der Waals surface area contributed by atoms with E-state index in [4.69, 9.17) is 12.2 Å². The molecule has 1 aliphatic heterocycles. The number of carbonyl (C=O) groups excluding carboxylic acids is 2. The van der Waals surface area contributed by atoms with Crippen LogP contribution >= 0.6 is 12.2 Å². The molecule has 0 saturated carbocycles. The maximum Gasteiger partial charge on any atom is 0.270 e. The summed E-state index contributed by atoms with van der Waals surface area (Å²) in [6.07, 6.45) is 1.51. The number of para-hydroxylation sites is 1. The minimum absolute atomic E-state index is 0.00341. The van der Waals surface area contributed by atoms with Gasteiger partial charge in [-0.3, -0.25) is 14.9 Å². The van der Waals surface area contributed by atoms with E-state index in [1.54, 1.807) is 6.07 Å². The average Bonchev–Trinajstić information content (AvgIpc) is 2.66. The smallest absolute Gasteiger partial charge is 0.270 e. The first kappa shape index (κ1) is 17.1. The van der Waals surface area contributed by atoms with E-state index >= 15 is 0 Å². The summed E-state index contributed by atoms with van der Waals surface area (Å²) in [6, 6.07) is 19.0. The number of nitrogens with one attached hydrogen (secondary N) is 1. The van der Waals surface area contributed by atoms with Gasteiger partial charge in [0.2, 0.25) is 0 Å². The van der Waals surface area contributed by atoms with Gasteiger partial charge in [-0.2, -0.15) is 0 Å². The Balaban J connectivity index is 1.83. The summed E-state index contributed by atoms with van der Waals surface area (Å²) >= 11 is 5.10. The number of carbonyl (C=O) groups is 2. The summed E-state index contributed by atoms with van der Waals surface area (Å²) in [7, 11) is 0. The second-order valence-electron chi connectivity index (χ2n) is 5.98. The lowest BCUT2D eigenvalue weighted by Gasteiger charge is -2.29. The molecular formula is C21H13FN2O2S. The number of benzene rings is 3. The second-order valence-corrected chi connectivity index (χ2v) is 6.36. The Bertz CT molecular complexity index is 1130. The van der Waals surface area contributed by atoms with Crippen LogP contribution in [0.1, 0.15) is 5.56 Å². The lowest BCUT2D eigenvalue weighted by molar-refractivity contribution is -0.122. The fourth-order valence-corrected chi connectivity index (χ4v) is 3.32. The SMILES string of the molecule is O=C1NC(=S)N(c2ccccc2F)C(=O)/C1=C/c1cccc2ccccc12. The maximum absolute atomic E-state index is 14.2. The Morgan fingerprint density at radius 2 is 1.63 bits per heavy atom. The van der Waals surface area contributed by atoms with Crippen LogP contribution in [0.5, 0.6) is 0 Å². The lowest BCUT2D eigenvalue weighted by atomic mass is 10.0. The highest BCUT2D eigenvalue weighted by atomic mass is 32.1. The first-order valence-electron chi connectivity index (χ1n) is 8.20. The Kier molecular flexibility index (Phi) is 4.25. The molecule has 2 amide bonds.